The van der Waals surface area contributed by atoms with Gasteiger partial charge < -0.3 is 14.8 Å². The van der Waals surface area contributed by atoms with Gasteiger partial charge in [0.1, 0.15) is 0 Å². The molecule has 0 aliphatic carbocycles. The summed E-state index contributed by atoms with van der Waals surface area (Å²) >= 11 is 0. The van der Waals surface area contributed by atoms with Crippen LogP contribution in [0.1, 0.15) is 19.3 Å². The van der Waals surface area contributed by atoms with Gasteiger partial charge in [-0.05, 0) is 19.3 Å². The Balaban J connectivity index is 1.47. The first kappa shape index (κ1) is 12.3. The summed E-state index contributed by atoms with van der Waals surface area (Å²) in [4.78, 5) is 2.46. The highest BCUT2D eigenvalue weighted by atomic mass is 16.5. The molecule has 1 atom stereocenters. The van der Waals surface area contributed by atoms with Crippen LogP contribution in [0.2, 0.25) is 0 Å². The predicted octanol–water partition coefficient (Wildman–Crippen LogP) is 0.477. The molecule has 2 saturated heterocycles. The second kappa shape index (κ2) is 7.22. The highest BCUT2D eigenvalue weighted by Gasteiger charge is 2.13. The number of ether oxygens (including phenoxy) is 2. The van der Waals surface area contributed by atoms with Crippen molar-refractivity contribution in [2.75, 3.05) is 52.5 Å². The van der Waals surface area contributed by atoms with Gasteiger partial charge >= 0.3 is 0 Å². The van der Waals surface area contributed by atoms with Crippen molar-refractivity contribution in [1.82, 2.24) is 10.2 Å². The maximum atomic E-state index is 5.67. The van der Waals surface area contributed by atoms with Crippen molar-refractivity contribution in [3.8, 4) is 0 Å². The topological polar surface area (TPSA) is 33.7 Å². The van der Waals surface area contributed by atoms with E-state index in [4.69, 9.17) is 9.47 Å². The van der Waals surface area contributed by atoms with E-state index >= 15 is 0 Å². The Labute approximate surface area is 98.3 Å². The Hall–Kier alpha value is -0.160. The minimum atomic E-state index is 0.457. The Morgan fingerprint density at radius 3 is 2.75 bits per heavy atom. The van der Waals surface area contributed by atoms with Crippen LogP contribution in [-0.4, -0.2) is 63.5 Å². The zero-order valence-corrected chi connectivity index (χ0v) is 10.1. The second-order valence-electron chi connectivity index (χ2n) is 4.65. The Morgan fingerprint density at radius 1 is 1.12 bits per heavy atom. The SMILES string of the molecule is C1CCC(CNCCN2CCOCC2)OC1. The van der Waals surface area contributed by atoms with Gasteiger partial charge in [0.15, 0.2) is 0 Å². The number of hydrogen-bond donors (Lipinski definition) is 1. The van der Waals surface area contributed by atoms with E-state index in [-0.39, 0.29) is 0 Å². The van der Waals surface area contributed by atoms with Gasteiger partial charge in [-0.3, -0.25) is 4.90 Å². The molecule has 0 saturated carbocycles. The van der Waals surface area contributed by atoms with Crippen LogP contribution in [0.25, 0.3) is 0 Å². The fourth-order valence-electron chi connectivity index (χ4n) is 2.29. The lowest BCUT2D eigenvalue weighted by Crippen LogP contribution is -2.41. The largest absolute Gasteiger partial charge is 0.379 e. The maximum Gasteiger partial charge on any atom is 0.0699 e. The van der Waals surface area contributed by atoms with Crippen LogP contribution >= 0.6 is 0 Å². The highest BCUT2D eigenvalue weighted by Crippen LogP contribution is 2.11. The van der Waals surface area contributed by atoms with Crippen molar-refractivity contribution in [3.05, 3.63) is 0 Å². The van der Waals surface area contributed by atoms with Crippen molar-refractivity contribution >= 4 is 0 Å². The molecular weight excluding hydrogens is 204 g/mol. The summed E-state index contributed by atoms with van der Waals surface area (Å²) in [6.07, 6.45) is 4.25. The average Bonchev–Trinajstić information content (AvgIpc) is 2.37. The highest BCUT2D eigenvalue weighted by molar-refractivity contribution is 4.68. The molecule has 2 aliphatic rings. The van der Waals surface area contributed by atoms with Gasteiger partial charge in [-0.25, -0.2) is 0 Å². The van der Waals surface area contributed by atoms with Crippen LogP contribution in [0.5, 0.6) is 0 Å². The van der Waals surface area contributed by atoms with Gasteiger partial charge in [-0.15, -0.1) is 0 Å². The van der Waals surface area contributed by atoms with Crippen LogP contribution in [0.3, 0.4) is 0 Å². The van der Waals surface area contributed by atoms with Crippen LogP contribution in [0.4, 0.5) is 0 Å². The summed E-state index contributed by atoms with van der Waals surface area (Å²) in [5.41, 5.74) is 0. The number of rotatable bonds is 5. The number of morpholine rings is 1. The van der Waals surface area contributed by atoms with Crippen LogP contribution in [-0.2, 0) is 9.47 Å². The maximum absolute atomic E-state index is 5.67. The summed E-state index contributed by atoms with van der Waals surface area (Å²) in [5.74, 6) is 0. The van der Waals surface area contributed by atoms with Crippen molar-refractivity contribution in [2.24, 2.45) is 0 Å². The molecule has 0 aromatic carbocycles. The van der Waals surface area contributed by atoms with Crippen molar-refractivity contribution in [3.63, 3.8) is 0 Å². The van der Waals surface area contributed by atoms with Crippen molar-refractivity contribution < 1.29 is 9.47 Å². The molecular formula is C12H24N2O2. The first-order valence-corrected chi connectivity index (χ1v) is 6.57. The van der Waals surface area contributed by atoms with E-state index < -0.39 is 0 Å². The second-order valence-corrected chi connectivity index (χ2v) is 4.65. The third-order valence-corrected chi connectivity index (χ3v) is 3.35. The molecule has 4 heteroatoms. The zero-order chi connectivity index (χ0) is 11.1. The number of nitrogens with one attached hydrogen (secondary N) is 1. The van der Waals surface area contributed by atoms with E-state index in [0.29, 0.717) is 6.10 Å². The van der Waals surface area contributed by atoms with Crippen LogP contribution in [0.15, 0.2) is 0 Å². The molecule has 2 aliphatic heterocycles. The molecule has 16 heavy (non-hydrogen) atoms. The lowest BCUT2D eigenvalue weighted by Gasteiger charge is -2.27. The van der Waals surface area contributed by atoms with E-state index in [2.05, 4.69) is 10.2 Å². The van der Waals surface area contributed by atoms with Crippen LogP contribution in [0, 0.1) is 0 Å². The predicted molar refractivity (Wildman–Crippen MR) is 63.7 cm³/mol. The molecule has 0 aromatic rings. The van der Waals surface area contributed by atoms with Crippen molar-refractivity contribution in [1.29, 1.82) is 0 Å². The number of hydrogen-bond acceptors (Lipinski definition) is 4. The van der Waals surface area contributed by atoms with Gasteiger partial charge in [0.2, 0.25) is 0 Å². The van der Waals surface area contributed by atoms with Gasteiger partial charge in [0, 0.05) is 39.3 Å². The van der Waals surface area contributed by atoms with Crippen LogP contribution < -0.4 is 5.32 Å². The van der Waals surface area contributed by atoms with Gasteiger partial charge in [-0.1, -0.05) is 0 Å². The minimum absolute atomic E-state index is 0.457. The molecule has 0 spiro atoms. The van der Waals surface area contributed by atoms with E-state index in [1.54, 1.807) is 0 Å². The summed E-state index contributed by atoms with van der Waals surface area (Å²) in [6, 6.07) is 0. The van der Waals surface area contributed by atoms with E-state index in [9.17, 15) is 0 Å². The molecule has 2 heterocycles. The first-order valence-electron chi connectivity index (χ1n) is 6.57. The first-order chi connectivity index (χ1) is 7.95. The average molecular weight is 228 g/mol. The zero-order valence-electron chi connectivity index (χ0n) is 10.1. The molecule has 94 valence electrons. The lowest BCUT2D eigenvalue weighted by atomic mass is 10.1. The standard InChI is InChI=1S/C12H24N2O2/c1-2-8-16-12(3-1)11-13-4-5-14-6-9-15-10-7-14/h12-13H,1-11H2. The molecule has 2 rings (SSSR count). The molecule has 0 amide bonds. The van der Waals surface area contributed by atoms with Gasteiger partial charge in [0.05, 0.1) is 19.3 Å². The normalized spacial score (nSPS) is 28.1. The van der Waals surface area contributed by atoms with Gasteiger partial charge in [-0.2, -0.15) is 0 Å². The molecule has 4 nitrogen and oxygen atoms in total. The summed E-state index contributed by atoms with van der Waals surface area (Å²) in [5, 5.41) is 3.49. The molecule has 1 N–H and O–H groups in total. The van der Waals surface area contributed by atoms with Crippen molar-refractivity contribution in [2.45, 2.75) is 25.4 Å². The Bertz CT molecular complexity index is 158. The molecule has 2 fully saturated rings. The minimum Gasteiger partial charge on any atom is -0.379 e. The third kappa shape index (κ3) is 4.37. The lowest BCUT2D eigenvalue weighted by molar-refractivity contribution is 0.0150. The molecule has 0 aromatic heterocycles. The molecule has 0 bridgehead atoms. The van der Waals surface area contributed by atoms with E-state index in [0.717, 1.165) is 52.5 Å². The molecule has 0 radical (unpaired) electrons. The summed E-state index contributed by atoms with van der Waals surface area (Å²) in [7, 11) is 0. The molecule has 1 unspecified atom stereocenters. The Kier molecular flexibility index (Phi) is 5.55. The fourth-order valence-corrected chi connectivity index (χ4v) is 2.29. The third-order valence-electron chi connectivity index (χ3n) is 3.35. The quantitative estimate of drug-likeness (QED) is 0.694. The smallest absolute Gasteiger partial charge is 0.0699 e. The van der Waals surface area contributed by atoms with Gasteiger partial charge in [0.25, 0.3) is 0 Å². The fraction of sp³-hybridized carbons (Fsp3) is 1.00. The van der Waals surface area contributed by atoms with E-state index in [1.807, 2.05) is 0 Å². The monoisotopic (exact) mass is 228 g/mol. The number of nitrogens with zero attached hydrogens (tertiary/aromatic N) is 1. The summed E-state index contributed by atoms with van der Waals surface area (Å²) in [6.45, 7) is 8.14. The van der Waals surface area contributed by atoms with E-state index in [1.165, 1.54) is 19.3 Å². The Morgan fingerprint density at radius 2 is 2.00 bits per heavy atom. The summed E-state index contributed by atoms with van der Waals surface area (Å²) < 4.78 is 11.0.